The summed E-state index contributed by atoms with van der Waals surface area (Å²) < 4.78 is 25.5. The summed E-state index contributed by atoms with van der Waals surface area (Å²) in [6, 6.07) is 0. The first-order valence-electron chi connectivity index (χ1n) is 8.29. The number of sulfonamides is 1. The number of β-amino-alcohol motifs (C(OH)–C–C–N with tert-alkyl or cyclic N) is 1. The maximum Gasteiger partial charge on any atom is 0.225 e. The van der Waals surface area contributed by atoms with Crippen LogP contribution in [-0.2, 0) is 14.8 Å². The minimum Gasteiger partial charge on any atom is -0.389 e. The Bertz CT molecular complexity index is 544. The fourth-order valence-corrected chi connectivity index (χ4v) is 5.98. The predicted octanol–water partition coefficient (Wildman–Crippen LogP) is 0.564. The molecule has 6 nitrogen and oxygen atoms in total. The lowest BCUT2D eigenvalue weighted by atomic mass is 9.83. The van der Waals surface area contributed by atoms with Gasteiger partial charge in [0.2, 0.25) is 15.9 Å². The van der Waals surface area contributed by atoms with E-state index in [-0.39, 0.29) is 18.4 Å². The van der Waals surface area contributed by atoms with Crippen LogP contribution in [0, 0.1) is 5.92 Å². The first-order valence-corrected chi connectivity index (χ1v) is 10.1. The van der Waals surface area contributed by atoms with Crippen molar-refractivity contribution in [2.75, 3.05) is 25.9 Å². The number of piperidine rings is 1. The van der Waals surface area contributed by atoms with Crippen LogP contribution in [0.1, 0.15) is 44.9 Å². The van der Waals surface area contributed by atoms with Gasteiger partial charge in [0.1, 0.15) is 0 Å². The summed E-state index contributed by atoms with van der Waals surface area (Å²) in [6.07, 6.45) is 6.55. The molecular formula is C15H26N2O4S. The standard InChI is InChI=1S/C15H26N2O4S/c1-22(20,21)17-9-4-7-15(17)8-10-16(11-13(15)18)14(19)12-5-2-3-6-12/h12-13,18H,2-11H2,1H3/t13-,15-/m0/s1. The molecule has 1 aliphatic carbocycles. The van der Waals surface area contributed by atoms with Gasteiger partial charge in [-0.3, -0.25) is 4.79 Å². The molecule has 7 heteroatoms. The molecule has 1 spiro atoms. The average Bonchev–Trinajstić information content (AvgIpc) is 3.10. The molecule has 2 aliphatic heterocycles. The van der Waals surface area contributed by atoms with Gasteiger partial charge in [0, 0.05) is 25.6 Å². The number of rotatable bonds is 2. The quantitative estimate of drug-likeness (QED) is 0.803. The van der Waals surface area contributed by atoms with Crippen LogP contribution in [0.25, 0.3) is 0 Å². The molecule has 2 atom stereocenters. The summed E-state index contributed by atoms with van der Waals surface area (Å²) >= 11 is 0. The Morgan fingerprint density at radius 2 is 1.82 bits per heavy atom. The van der Waals surface area contributed by atoms with E-state index in [0.29, 0.717) is 25.9 Å². The van der Waals surface area contributed by atoms with Crippen molar-refractivity contribution in [2.45, 2.75) is 56.6 Å². The SMILES string of the molecule is CS(=O)(=O)N1CCC[C@@]12CCN(C(=O)C1CCCC1)C[C@@H]2O. The zero-order valence-corrected chi connectivity index (χ0v) is 14.0. The van der Waals surface area contributed by atoms with Crippen molar-refractivity contribution in [3.63, 3.8) is 0 Å². The van der Waals surface area contributed by atoms with E-state index in [1.54, 1.807) is 4.90 Å². The van der Waals surface area contributed by atoms with Crippen molar-refractivity contribution < 1.29 is 18.3 Å². The first-order chi connectivity index (χ1) is 10.3. The van der Waals surface area contributed by atoms with Gasteiger partial charge in [0.25, 0.3) is 0 Å². The van der Waals surface area contributed by atoms with Gasteiger partial charge in [-0.1, -0.05) is 12.8 Å². The lowest BCUT2D eigenvalue weighted by molar-refractivity contribution is -0.142. The Hall–Kier alpha value is -0.660. The van der Waals surface area contributed by atoms with Crippen molar-refractivity contribution >= 4 is 15.9 Å². The predicted molar refractivity (Wildman–Crippen MR) is 82.7 cm³/mol. The molecule has 0 aromatic heterocycles. The highest BCUT2D eigenvalue weighted by Gasteiger charge is 2.53. The van der Waals surface area contributed by atoms with Crippen molar-refractivity contribution in [1.29, 1.82) is 0 Å². The Labute approximate surface area is 132 Å². The van der Waals surface area contributed by atoms with Crippen LogP contribution in [0.2, 0.25) is 0 Å². The molecule has 0 unspecified atom stereocenters. The summed E-state index contributed by atoms with van der Waals surface area (Å²) in [6.45, 7) is 1.30. The topological polar surface area (TPSA) is 77.9 Å². The van der Waals surface area contributed by atoms with Gasteiger partial charge in [-0.15, -0.1) is 0 Å². The van der Waals surface area contributed by atoms with Crippen LogP contribution in [0.15, 0.2) is 0 Å². The highest BCUT2D eigenvalue weighted by Crippen LogP contribution is 2.41. The summed E-state index contributed by atoms with van der Waals surface area (Å²) in [4.78, 5) is 14.3. The summed E-state index contributed by atoms with van der Waals surface area (Å²) in [7, 11) is -3.33. The molecule has 0 bridgehead atoms. The van der Waals surface area contributed by atoms with Crippen molar-refractivity contribution in [3.05, 3.63) is 0 Å². The molecule has 2 heterocycles. The lowest BCUT2D eigenvalue weighted by Crippen LogP contribution is -2.63. The fourth-order valence-electron chi connectivity index (χ4n) is 4.55. The number of hydrogen-bond donors (Lipinski definition) is 1. The third kappa shape index (κ3) is 2.67. The fraction of sp³-hybridized carbons (Fsp3) is 0.933. The number of carbonyl (C=O) groups excluding carboxylic acids is 1. The lowest BCUT2D eigenvalue weighted by Gasteiger charge is -2.47. The second-order valence-corrected chi connectivity index (χ2v) is 8.98. The van der Waals surface area contributed by atoms with Gasteiger partial charge < -0.3 is 10.0 Å². The van der Waals surface area contributed by atoms with Crippen LogP contribution >= 0.6 is 0 Å². The second-order valence-electron chi connectivity index (χ2n) is 7.07. The molecule has 0 aromatic carbocycles. The largest absolute Gasteiger partial charge is 0.389 e. The number of nitrogens with zero attached hydrogens (tertiary/aromatic N) is 2. The van der Waals surface area contributed by atoms with Gasteiger partial charge in [0.05, 0.1) is 17.9 Å². The molecule has 1 saturated carbocycles. The molecule has 0 aromatic rings. The molecule has 22 heavy (non-hydrogen) atoms. The molecule has 126 valence electrons. The van der Waals surface area contributed by atoms with Gasteiger partial charge >= 0.3 is 0 Å². The zero-order chi connectivity index (χ0) is 16.0. The molecule has 0 radical (unpaired) electrons. The van der Waals surface area contributed by atoms with Crippen molar-refractivity contribution in [1.82, 2.24) is 9.21 Å². The number of hydrogen-bond acceptors (Lipinski definition) is 4. The van der Waals surface area contributed by atoms with Crippen molar-refractivity contribution in [3.8, 4) is 0 Å². The Kier molecular flexibility index (Phi) is 4.24. The van der Waals surface area contributed by atoms with Crippen molar-refractivity contribution in [2.24, 2.45) is 5.92 Å². The normalized spacial score (nSPS) is 34.6. The van der Waals surface area contributed by atoms with E-state index in [4.69, 9.17) is 0 Å². The second kappa shape index (κ2) is 5.76. The number of likely N-dealkylation sites (tertiary alicyclic amines) is 1. The van der Waals surface area contributed by atoms with Crippen LogP contribution in [0.5, 0.6) is 0 Å². The van der Waals surface area contributed by atoms with E-state index in [9.17, 15) is 18.3 Å². The van der Waals surface area contributed by atoms with Gasteiger partial charge in [-0.05, 0) is 32.1 Å². The van der Waals surface area contributed by atoms with Crippen LogP contribution < -0.4 is 0 Å². The summed E-state index contributed by atoms with van der Waals surface area (Å²) in [5.41, 5.74) is -0.694. The monoisotopic (exact) mass is 330 g/mol. The molecule has 3 fully saturated rings. The summed E-state index contributed by atoms with van der Waals surface area (Å²) in [5, 5.41) is 10.7. The molecular weight excluding hydrogens is 304 g/mol. The molecule has 1 amide bonds. The Balaban J connectivity index is 1.73. The van der Waals surface area contributed by atoms with Crippen LogP contribution in [0.3, 0.4) is 0 Å². The molecule has 1 N–H and O–H groups in total. The minimum atomic E-state index is -3.33. The Morgan fingerprint density at radius 1 is 1.14 bits per heavy atom. The maximum atomic E-state index is 12.5. The van der Waals surface area contributed by atoms with Crippen LogP contribution in [0.4, 0.5) is 0 Å². The molecule has 3 aliphatic rings. The van der Waals surface area contributed by atoms with E-state index in [1.807, 2.05) is 0 Å². The highest BCUT2D eigenvalue weighted by molar-refractivity contribution is 7.88. The Morgan fingerprint density at radius 3 is 2.41 bits per heavy atom. The van der Waals surface area contributed by atoms with E-state index in [1.165, 1.54) is 10.6 Å². The number of amides is 1. The smallest absolute Gasteiger partial charge is 0.225 e. The minimum absolute atomic E-state index is 0.107. The zero-order valence-electron chi connectivity index (χ0n) is 13.2. The first kappa shape index (κ1) is 16.2. The van der Waals surface area contributed by atoms with Gasteiger partial charge in [0.15, 0.2) is 0 Å². The van der Waals surface area contributed by atoms with Crippen LogP contribution in [-0.4, -0.2) is 66.2 Å². The molecule has 3 rings (SSSR count). The summed E-state index contributed by atoms with van der Waals surface area (Å²) in [5.74, 6) is 0.256. The van der Waals surface area contributed by atoms with E-state index >= 15 is 0 Å². The highest BCUT2D eigenvalue weighted by atomic mass is 32.2. The van der Waals surface area contributed by atoms with Gasteiger partial charge in [-0.2, -0.15) is 4.31 Å². The number of aliphatic hydroxyl groups is 1. The number of carbonyl (C=O) groups is 1. The van der Waals surface area contributed by atoms with E-state index in [2.05, 4.69) is 0 Å². The third-order valence-electron chi connectivity index (χ3n) is 5.71. The third-order valence-corrected chi connectivity index (χ3v) is 7.06. The number of aliphatic hydroxyl groups excluding tert-OH is 1. The van der Waals surface area contributed by atoms with Gasteiger partial charge in [-0.25, -0.2) is 8.42 Å². The average molecular weight is 330 g/mol. The van der Waals surface area contributed by atoms with E-state index in [0.717, 1.165) is 32.1 Å². The van der Waals surface area contributed by atoms with E-state index < -0.39 is 21.7 Å². The maximum absolute atomic E-state index is 12.5. The molecule has 2 saturated heterocycles.